The lowest BCUT2D eigenvalue weighted by atomic mass is 10.1. The summed E-state index contributed by atoms with van der Waals surface area (Å²) in [7, 11) is 0. The molecule has 0 aliphatic heterocycles. The van der Waals surface area contributed by atoms with Crippen LogP contribution in [0.3, 0.4) is 0 Å². The SMILES string of the molecule is NC(=O)c1ccc(C(=O)NCCc2ccc(F)cc2)cn1. The summed E-state index contributed by atoms with van der Waals surface area (Å²) in [6.45, 7) is 0.419. The lowest BCUT2D eigenvalue weighted by Gasteiger charge is -2.05. The fourth-order valence-electron chi connectivity index (χ4n) is 1.75. The molecule has 0 fully saturated rings. The summed E-state index contributed by atoms with van der Waals surface area (Å²) in [6, 6.07) is 8.99. The zero-order valence-corrected chi connectivity index (χ0v) is 11.2. The Kier molecular flexibility index (Phi) is 4.61. The van der Waals surface area contributed by atoms with Crippen molar-refractivity contribution in [3.63, 3.8) is 0 Å². The molecule has 2 aromatic rings. The Morgan fingerprint density at radius 2 is 1.86 bits per heavy atom. The number of primary amides is 1. The monoisotopic (exact) mass is 287 g/mol. The van der Waals surface area contributed by atoms with Crippen LogP contribution in [0, 0.1) is 5.82 Å². The maximum absolute atomic E-state index is 12.7. The maximum atomic E-state index is 12.7. The molecule has 0 atom stereocenters. The van der Waals surface area contributed by atoms with Crippen LogP contribution in [-0.2, 0) is 6.42 Å². The van der Waals surface area contributed by atoms with Crippen molar-refractivity contribution < 1.29 is 14.0 Å². The molecule has 2 rings (SSSR count). The van der Waals surface area contributed by atoms with Gasteiger partial charge in [0.1, 0.15) is 11.5 Å². The number of amides is 2. The van der Waals surface area contributed by atoms with E-state index in [0.29, 0.717) is 18.5 Å². The van der Waals surface area contributed by atoms with Crippen molar-refractivity contribution in [3.8, 4) is 0 Å². The number of nitrogens with two attached hydrogens (primary N) is 1. The zero-order chi connectivity index (χ0) is 15.2. The number of hydrogen-bond acceptors (Lipinski definition) is 3. The van der Waals surface area contributed by atoms with Gasteiger partial charge in [0.05, 0.1) is 5.56 Å². The number of nitrogens with zero attached hydrogens (tertiary/aromatic N) is 1. The summed E-state index contributed by atoms with van der Waals surface area (Å²) < 4.78 is 12.7. The van der Waals surface area contributed by atoms with Crippen LogP contribution in [-0.4, -0.2) is 23.3 Å². The second-order valence-electron chi connectivity index (χ2n) is 4.43. The number of rotatable bonds is 5. The van der Waals surface area contributed by atoms with Crippen molar-refractivity contribution in [2.45, 2.75) is 6.42 Å². The smallest absolute Gasteiger partial charge is 0.267 e. The Labute approximate surface area is 121 Å². The van der Waals surface area contributed by atoms with Crippen molar-refractivity contribution in [1.29, 1.82) is 0 Å². The van der Waals surface area contributed by atoms with Crippen LogP contribution in [0.2, 0.25) is 0 Å². The Morgan fingerprint density at radius 3 is 2.43 bits per heavy atom. The number of carbonyl (C=O) groups is 2. The molecule has 1 aromatic heterocycles. The number of carbonyl (C=O) groups excluding carboxylic acids is 2. The van der Waals surface area contributed by atoms with Crippen molar-refractivity contribution in [2.24, 2.45) is 5.73 Å². The number of nitrogens with one attached hydrogen (secondary N) is 1. The van der Waals surface area contributed by atoms with Crippen LogP contribution in [0.15, 0.2) is 42.6 Å². The molecule has 0 saturated carbocycles. The Hall–Kier alpha value is -2.76. The second-order valence-corrected chi connectivity index (χ2v) is 4.43. The summed E-state index contributed by atoms with van der Waals surface area (Å²) in [4.78, 5) is 26.5. The number of pyridine rings is 1. The van der Waals surface area contributed by atoms with E-state index >= 15 is 0 Å². The Morgan fingerprint density at radius 1 is 1.14 bits per heavy atom. The maximum Gasteiger partial charge on any atom is 0.267 e. The zero-order valence-electron chi connectivity index (χ0n) is 11.2. The van der Waals surface area contributed by atoms with Crippen molar-refractivity contribution in [3.05, 3.63) is 65.2 Å². The fraction of sp³-hybridized carbons (Fsp3) is 0.133. The van der Waals surface area contributed by atoms with E-state index in [1.54, 1.807) is 12.1 Å². The number of benzene rings is 1. The number of aromatic nitrogens is 1. The molecule has 5 nitrogen and oxygen atoms in total. The van der Waals surface area contributed by atoms with Crippen LogP contribution in [0.1, 0.15) is 26.4 Å². The molecule has 3 N–H and O–H groups in total. The van der Waals surface area contributed by atoms with E-state index in [1.807, 2.05) is 0 Å². The second kappa shape index (κ2) is 6.60. The first-order valence-electron chi connectivity index (χ1n) is 6.35. The minimum Gasteiger partial charge on any atom is -0.364 e. The van der Waals surface area contributed by atoms with Gasteiger partial charge in [-0.15, -0.1) is 0 Å². The Balaban J connectivity index is 1.86. The van der Waals surface area contributed by atoms with Crippen LogP contribution >= 0.6 is 0 Å². The molecule has 0 bridgehead atoms. The highest BCUT2D eigenvalue weighted by molar-refractivity contribution is 5.95. The minimum atomic E-state index is -0.640. The molecule has 0 saturated heterocycles. The number of halogens is 1. The van der Waals surface area contributed by atoms with Gasteiger partial charge in [0, 0.05) is 12.7 Å². The molecule has 1 aromatic carbocycles. The van der Waals surface area contributed by atoms with Gasteiger partial charge in [-0.2, -0.15) is 0 Å². The Bertz CT molecular complexity index is 639. The van der Waals surface area contributed by atoms with Gasteiger partial charge in [-0.1, -0.05) is 12.1 Å². The van der Waals surface area contributed by atoms with Gasteiger partial charge in [0.2, 0.25) is 0 Å². The molecule has 2 amide bonds. The summed E-state index contributed by atoms with van der Waals surface area (Å²) >= 11 is 0. The quantitative estimate of drug-likeness (QED) is 0.869. The van der Waals surface area contributed by atoms with E-state index in [2.05, 4.69) is 10.3 Å². The first kappa shape index (κ1) is 14.6. The van der Waals surface area contributed by atoms with Crippen molar-refractivity contribution in [1.82, 2.24) is 10.3 Å². The van der Waals surface area contributed by atoms with Crippen LogP contribution < -0.4 is 11.1 Å². The minimum absolute atomic E-state index is 0.109. The summed E-state index contributed by atoms with van der Waals surface area (Å²) in [6.07, 6.45) is 1.89. The molecule has 108 valence electrons. The molecule has 0 aliphatic carbocycles. The third-order valence-electron chi connectivity index (χ3n) is 2.89. The number of hydrogen-bond donors (Lipinski definition) is 2. The third kappa shape index (κ3) is 4.10. The van der Waals surface area contributed by atoms with E-state index in [1.165, 1.54) is 30.5 Å². The van der Waals surface area contributed by atoms with Crippen molar-refractivity contribution in [2.75, 3.05) is 6.54 Å². The van der Waals surface area contributed by atoms with Gasteiger partial charge >= 0.3 is 0 Å². The first-order chi connectivity index (χ1) is 10.1. The van der Waals surface area contributed by atoms with Crippen LogP contribution in [0.5, 0.6) is 0 Å². The molecule has 0 spiro atoms. The van der Waals surface area contributed by atoms with Gasteiger partial charge in [-0.3, -0.25) is 14.6 Å². The predicted molar refractivity (Wildman–Crippen MR) is 75.2 cm³/mol. The molecular weight excluding hydrogens is 273 g/mol. The fourth-order valence-corrected chi connectivity index (χ4v) is 1.75. The topological polar surface area (TPSA) is 85.1 Å². The summed E-state index contributed by atoms with van der Waals surface area (Å²) in [5, 5.41) is 2.72. The molecule has 0 unspecified atom stereocenters. The molecule has 21 heavy (non-hydrogen) atoms. The third-order valence-corrected chi connectivity index (χ3v) is 2.89. The van der Waals surface area contributed by atoms with E-state index in [4.69, 9.17) is 5.73 Å². The normalized spacial score (nSPS) is 10.1. The predicted octanol–water partition coefficient (Wildman–Crippen LogP) is 1.29. The van der Waals surface area contributed by atoms with Gasteiger partial charge in [0.25, 0.3) is 11.8 Å². The lowest BCUT2D eigenvalue weighted by Crippen LogP contribution is -2.26. The average molecular weight is 287 g/mol. The van der Waals surface area contributed by atoms with Gasteiger partial charge in [0.15, 0.2) is 0 Å². The highest BCUT2D eigenvalue weighted by atomic mass is 19.1. The highest BCUT2D eigenvalue weighted by Gasteiger charge is 2.07. The molecule has 0 aliphatic rings. The lowest BCUT2D eigenvalue weighted by molar-refractivity contribution is 0.0950. The van der Waals surface area contributed by atoms with Crippen molar-refractivity contribution >= 4 is 11.8 Å². The van der Waals surface area contributed by atoms with Crippen LogP contribution in [0.25, 0.3) is 0 Å². The largest absolute Gasteiger partial charge is 0.364 e. The summed E-state index contributed by atoms with van der Waals surface area (Å²) in [5.41, 5.74) is 6.45. The molecule has 6 heteroatoms. The van der Waals surface area contributed by atoms with E-state index in [0.717, 1.165) is 5.56 Å². The average Bonchev–Trinajstić information content (AvgIpc) is 2.49. The highest BCUT2D eigenvalue weighted by Crippen LogP contribution is 2.03. The first-order valence-corrected chi connectivity index (χ1v) is 6.35. The van der Waals surface area contributed by atoms with Gasteiger partial charge < -0.3 is 11.1 Å². The van der Waals surface area contributed by atoms with E-state index < -0.39 is 5.91 Å². The van der Waals surface area contributed by atoms with E-state index in [9.17, 15) is 14.0 Å². The van der Waals surface area contributed by atoms with Gasteiger partial charge in [-0.05, 0) is 36.2 Å². The molecular formula is C15H14FN3O2. The van der Waals surface area contributed by atoms with Gasteiger partial charge in [-0.25, -0.2) is 4.39 Å². The van der Waals surface area contributed by atoms with Crippen LogP contribution in [0.4, 0.5) is 4.39 Å². The summed E-state index contributed by atoms with van der Waals surface area (Å²) in [5.74, 6) is -1.22. The van der Waals surface area contributed by atoms with E-state index in [-0.39, 0.29) is 17.4 Å². The standard InChI is InChI=1S/C15H14FN3O2/c16-12-4-1-10(2-5-12)7-8-18-15(21)11-3-6-13(14(17)20)19-9-11/h1-6,9H,7-8H2,(H2,17,20)(H,18,21). The molecule has 0 radical (unpaired) electrons. The molecule has 1 heterocycles.